The number of hydrogen-bond acceptors (Lipinski definition) is 4. The van der Waals surface area contributed by atoms with Crippen molar-refractivity contribution in [3.8, 4) is 6.07 Å². The highest BCUT2D eigenvalue weighted by atomic mass is 16.2. The van der Waals surface area contributed by atoms with Crippen LogP contribution in [0, 0.1) is 17.2 Å². The molecule has 1 saturated heterocycles. The summed E-state index contributed by atoms with van der Waals surface area (Å²) in [7, 11) is 0. The van der Waals surface area contributed by atoms with E-state index < -0.39 is 23.9 Å². The lowest BCUT2D eigenvalue weighted by atomic mass is 10.0. The molecule has 7 nitrogen and oxygen atoms in total. The van der Waals surface area contributed by atoms with E-state index in [1.165, 1.54) is 0 Å². The molecule has 0 aromatic heterocycles. The Bertz CT molecular complexity index is 402. The average molecular weight is 252 g/mol. The number of nitrogens with two attached hydrogens (primary N) is 1. The van der Waals surface area contributed by atoms with Crippen LogP contribution in [0.5, 0.6) is 0 Å². The van der Waals surface area contributed by atoms with Gasteiger partial charge in [-0.15, -0.1) is 0 Å². The number of nitriles is 1. The Morgan fingerprint density at radius 1 is 1.67 bits per heavy atom. The number of carbonyl (C=O) groups excluding carboxylic acids is 3. The van der Waals surface area contributed by atoms with Crippen molar-refractivity contribution in [3.05, 3.63) is 0 Å². The normalized spacial score (nSPS) is 21.6. The monoisotopic (exact) mass is 252 g/mol. The third-order valence-electron chi connectivity index (χ3n) is 2.78. The van der Waals surface area contributed by atoms with Crippen LogP contribution >= 0.6 is 0 Å². The van der Waals surface area contributed by atoms with Crippen LogP contribution in [0.25, 0.3) is 0 Å². The number of hydrogen-bond donors (Lipinski definition) is 3. The van der Waals surface area contributed by atoms with E-state index >= 15 is 0 Å². The van der Waals surface area contributed by atoms with Crippen LogP contribution < -0.4 is 16.4 Å². The molecule has 0 radical (unpaired) electrons. The molecule has 4 N–H and O–H groups in total. The minimum absolute atomic E-state index is 0.165. The Balaban J connectivity index is 2.56. The maximum atomic E-state index is 11.8. The molecule has 98 valence electrons. The van der Waals surface area contributed by atoms with Gasteiger partial charge in [0.25, 0.3) is 0 Å². The van der Waals surface area contributed by atoms with Gasteiger partial charge in [0.2, 0.25) is 17.7 Å². The van der Waals surface area contributed by atoms with E-state index in [0.29, 0.717) is 12.8 Å². The molecule has 1 fully saturated rings. The smallest absolute Gasteiger partial charge is 0.243 e. The van der Waals surface area contributed by atoms with Gasteiger partial charge in [0.1, 0.15) is 12.1 Å². The van der Waals surface area contributed by atoms with Gasteiger partial charge in [-0.2, -0.15) is 5.26 Å². The van der Waals surface area contributed by atoms with Crippen molar-refractivity contribution in [1.29, 1.82) is 5.26 Å². The van der Waals surface area contributed by atoms with Gasteiger partial charge in [-0.1, -0.05) is 0 Å². The molecule has 1 aliphatic rings. The Labute approximate surface area is 105 Å². The van der Waals surface area contributed by atoms with E-state index in [1.807, 2.05) is 6.07 Å². The second-order valence-electron chi connectivity index (χ2n) is 4.39. The molecule has 3 amide bonds. The predicted molar refractivity (Wildman–Crippen MR) is 61.7 cm³/mol. The molecule has 0 bridgehead atoms. The van der Waals surface area contributed by atoms with Crippen LogP contribution in [0.1, 0.15) is 26.2 Å². The number of amides is 3. The lowest BCUT2D eigenvalue weighted by Crippen LogP contribution is -2.51. The van der Waals surface area contributed by atoms with Crippen LogP contribution in [-0.4, -0.2) is 29.8 Å². The molecular weight excluding hydrogens is 236 g/mol. The molecule has 0 spiro atoms. The van der Waals surface area contributed by atoms with E-state index in [1.54, 1.807) is 6.92 Å². The van der Waals surface area contributed by atoms with Crippen LogP contribution in [0.4, 0.5) is 0 Å². The summed E-state index contributed by atoms with van der Waals surface area (Å²) in [5.41, 5.74) is 5.16. The SMILES string of the molecule is C[C@H](C#N)C[C@H](NC(=O)[C@H]1CCC(=O)N1)C(N)=O. The molecule has 0 aliphatic carbocycles. The van der Waals surface area contributed by atoms with Crippen molar-refractivity contribution in [3.63, 3.8) is 0 Å². The molecule has 1 aliphatic heterocycles. The molecule has 1 heterocycles. The van der Waals surface area contributed by atoms with E-state index in [-0.39, 0.29) is 18.2 Å². The standard InChI is InChI=1S/C11H16N4O3/c1-6(5-12)4-8(10(13)17)15-11(18)7-2-3-9(16)14-7/h6-8H,2-4H2,1H3,(H2,13,17)(H,14,16)(H,15,18)/t6-,7+,8-/m0/s1. The van der Waals surface area contributed by atoms with Crippen molar-refractivity contribution >= 4 is 17.7 Å². The maximum absolute atomic E-state index is 11.8. The Morgan fingerprint density at radius 2 is 2.33 bits per heavy atom. The van der Waals surface area contributed by atoms with Gasteiger partial charge in [-0.05, 0) is 19.8 Å². The predicted octanol–water partition coefficient (Wildman–Crippen LogP) is -1.22. The molecule has 0 aromatic rings. The first-order valence-electron chi connectivity index (χ1n) is 5.72. The highest BCUT2D eigenvalue weighted by Gasteiger charge is 2.30. The molecule has 7 heteroatoms. The number of carbonyl (C=O) groups is 3. The maximum Gasteiger partial charge on any atom is 0.243 e. The van der Waals surface area contributed by atoms with Gasteiger partial charge in [-0.25, -0.2) is 0 Å². The summed E-state index contributed by atoms with van der Waals surface area (Å²) in [5.74, 6) is -1.69. The minimum atomic E-state index is -0.885. The van der Waals surface area contributed by atoms with Gasteiger partial charge in [0.05, 0.1) is 6.07 Å². The van der Waals surface area contributed by atoms with Crippen molar-refractivity contribution < 1.29 is 14.4 Å². The third kappa shape index (κ3) is 3.73. The number of nitrogens with zero attached hydrogens (tertiary/aromatic N) is 1. The van der Waals surface area contributed by atoms with Crippen molar-refractivity contribution in [2.24, 2.45) is 11.7 Å². The molecule has 0 saturated carbocycles. The van der Waals surface area contributed by atoms with Gasteiger partial charge in [-0.3, -0.25) is 14.4 Å². The van der Waals surface area contributed by atoms with E-state index in [4.69, 9.17) is 11.0 Å². The number of primary amides is 1. The minimum Gasteiger partial charge on any atom is -0.368 e. The zero-order chi connectivity index (χ0) is 13.7. The molecule has 18 heavy (non-hydrogen) atoms. The second-order valence-corrected chi connectivity index (χ2v) is 4.39. The van der Waals surface area contributed by atoms with Gasteiger partial charge >= 0.3 is 0 Å². The zero-order valence-corrected chi connectivity index (χ0v) is 10.1. The van der Waals surface area contributed by atoms with E-state index in [9.17, 15) is 14.4 Å². The van der Waals surface area contributed by atoms with Gasteiger partial charge in [0, 0.05) is 12.3 Å². The largest absolute Gasteiger partial charge is 0.368 e. The Morgan fingerprint density at radius 3 is 2.78 bits per heavy atom. The lowest BCUT2D eigenvalue weighted by Gasteiger charge is -2.18. The first kappa shape index (κ1) is 14.0. The third-order valence-corrected chi connectivity index (χ3v) is 2.78. The lowest BCUT2D eigenvalue weighted by molar-refractivity contribution is -0.129. The fraction of sp³-hybridized carbons (Fsp3) is 0.636. The summed E-state index contributed by atoms with van der Waals surface area (Å²) in [6, 6.07) is 0.473. The first-order valence-corrected chi connectivity index (χ1v) is 5.72. The fourth-order valence-corrected chi connectivity index (χ4v) is 1.74. The number of rotatable bonds is 5. The summed E-state index contributed by atoms with van der Waals surface area (Å²) >= 11 is 0. The molecular formula is C11H16N4O3. The van der Waals surface area contributed by atoms with E-state index in [2.05, 4.69) is 10.6 Å². The van der Waals surface area contributed by atoms with Gasteiger partial charge in [0.15, 0.2) is 0 Å². The van der Waals surface area contributed by atoms with Crippen LogP contribution in [0.15, 0.2) is 0 Å². The summed E-state index contributed by atoms with van der Waals surface area (Å²) < 4.78 is 0. The topological polar surface area (TPSA) is 125 Å². The molecule has 1 rings (SSSR count). The first-order chi connectivity index (χ1) is 8.43. The molecule has 0 aromatic carbocycles. The van der Waals surface area contributed by atoms with Crippen LogP contribution in [-0.2, 0) is 14.4 Å². The van der Waals surface area contributed by atoms with Crippen LogP contribution in [0.3, 0.4) is 0 Å². The number of nitrogens with one attached hydrogen (secondary N) is 2. The highest BCUT2D eigenvalue weighted by Crippen LogP contribution is 2.09. The Hall–Kier alpha value is -2.10. The quantitative estimate of drug-likeness (QED) is 0.567. The summed E-state index contributed by atoms with van der Waals surface area (Å²) in [6.45, 7) is 1.64. The fourth-order valence-electron chi connectivity index (χ4n) is 1.74. The molecule has 3 atom stereocenters. The highest BCUT2D eigenvalue weighted by molar-refractivity contribution is 5.93. The molecule has 0 unspecified atom stereocenters. The average Bonchev–Trinajstić information content (AvgIpc) is 2.74. The van der Waals surface area contributed by atoms with E-state index in [0.717, 1.165) is 0 Å². The van der Waals surface area contributed by atoms with Crippen molar-refractivity contribution in [1.82, 2.24) is 10.6 Å². The summed E-state index contributed by atoms with van der Waals surface area (Å²) in [4.78, 5) is 33.9. The van der Waals surface area contributed by atoms with Crippen LogP contribution in [0.2, 0.25) is 0 Å². The van der Waals surface area contributed by atoms with Crippen molar-refractivity contribution in [2.45, 2.75) is 38.3 Å². The Kier molecular flexibility index (Phi) is 4.66. The zero-order valence-electron chi connectivity index (χ0n) is 10.1. The van der Waals surface area contributed by atoms with Crippen molar-refractivity contribution in [2.75, 3.05) is 0 Å². The second kappa shape index (κ2) is 6.00. The van der Waals surface area contributed by atoms with Gasteiger partial charge < -0.3 is 16.4 Å². The summed E-state index contributed by atoms with van der Waals surface area (Å²) in [6.07, 6.45) is 0.871. The summed E-state index contributed by atoms with van der Waals surface area (Å²) in [5, 5.41) is 13.6.